The number of benzene rings is 1. The molecule has 2 rings (SSSR count). The van der Waals surface area contributed by atoms with Crippen molar-refractivity contribution in [1.29, 1.82) is 0 Å². The molecule has 6 nitrogen and oxygen atoms in total. The molecule has 0 saturated carbocycles. The molecule has 0 aliphatic heterocycles. The second-order valence-corrected chi connectivity index (χ2v) is 5.31. The molecule has 0 unspecified atom stereocenters. The highest BCUT2D eigenvalue weighted by Crippen LogP contribution is 2.10. The molecule has 0 atom stereocenters. The zero-order valence-electron chi connectivity index (χ0n) is 13.2. The number of carbonyl (C=O) groups is 1. The molecule has 2 N–H and O–H groups in total. The van der Waals surface area contributed by atoms with Crippen molar-refractivity contribution in [1.82, 2.24) is 14.9 Å². The van der Waals surface area contributed by atoms with Crippen molar-refractivity contribution >= 4 is 17.5 Å². The van der Waals surface area contributed by atoms with Gasteiger partial charge in [-0.25, -0.2) is 14.4 Å². The minimum Gasteiger partial charge on any atom is -0.354 e. The van der Waals surface area contributed by atoms with E-state index >= 15 is 0 Å². The fourth-order valence-corrected chi connectivity index (χ4v) is 1.89. The van der Waals surface area contributed by atoms with Crippen molar-refractivity contribution in [2.75, 3.05) is 37.8 Å². The Balaban J connectivity index is 1.92. The Morgan fingerprint density at radius 2 is 1.96 bits per heavy atom. The Hall–Kier alpha value is -2.54. The first-order valence-electron chi connectivity index (χ1n) is 7.33. The normalized spacial score (nSPS) is 10.6. The van der Waals surface area contributed by atoms with Crippen molar-refractivity contribution in [3.63, 3.8) is 0 Å². The molecule has 1 heterocycles. The summed E-state index contributed by atoms with van der Waals surface area (Å²) in [6.45, 7) is 1.68. The number of hydrogen-bond acceptors (Lipinski definition) is 5. The van der Waals surface area contributed by atoms with Gasteiger partial charge < -0.3 is 15.5 Å². The lowest BCUT2D eigenvalue weighted by molar-refractivity contribution is 0.102. The molecule has 0 fully saturated rings. The van der Waals surface area contributed by atoms with Crippen LogP contribution in [-0.2, 0) is 0 Å². The van der Waals surface area contributed by atoms with Crippen LogP contribution in [-0.4, -0.2) is 48.0 Å². The number of aromatic nitrogens is 2. The van der Waals surface area contributed by atoms with Gasteiger partial charge in [0.25, 0.3) is 5.91 Å². The largest absolute Gasteiger partial charge is 0.354 e. The van der Waals surface area contributed by atoms with Gasteiger partial charge >= 0.3 is 0 Å². The summed E-state index contributed by atoms with van der Waals surface area (Å²) in [5.41, 5.74) is 0.759. The molecule has 0 radical (unpaired) electrons. The molecule has 0 spiro atoms. The van der Waals surface area contributed by atoms with Gasteiger partial charge in [0.05, 0.1) is 0 Å². The quantitative estimate of drug-likeness (QED) is 0.766. The maximum absolute atomic E-state index is 12.9. The van der Waals surface area contributed by atoms with Gasteiger partial charge in [0.15, 0.2) is 0 Å². The van der Waals surface area contributed by atoms with Crippen LogP contribution < -0.4 is 10.6 Å². The molecule has 1 aromatic heterocycles. The van der Waals surface area contributed by atoms with E-state index in [0.717, 1.165) is 19.5 Å². The fraction of sp³-hybridized carbons (Fsp3) is 0.312. The zero-order valence-corrected chi connectivity index (χ0v) is 13.2. The molecule has 0 bridgehead atoms. The summed E-state index contributed by atoms with van der Waals surface area (Å²) in [7, 11) is 4.02. The van der Waals surface area contributed by atoms with Gasteiger partial charge in [-0.1, -0.05) is 0 Å². The lowest BCUT2D eigenvalue weighted by Gasteiger charge is -2.10. The van der Waals surface area contributed by atoms with Gasteiger partial charge in [-0.3, -0.25) is 4.79 Å². The molecule has 122 valence electrons. The first kappa shape index (κ1) is 16.8. The molecule has 2 aromatic rings. The zero-order chi connectivity index (χ0) is 16.7. The molecule has 1 amide bonds. The Bertz CT molecular complexity index is 645. The highest BCUT2D eigenvalue weighted by Gasteiger charge is 2.09. The van der Waals surface area contributed by atoms with E-state index in [4.69, 9.17) is 0 Å². The summed E-state index contributed by atoms with van der Waals surface area (Å²) in [5.74, 6) is -0.305. The van der Waals surface area contributed by atoms with Gasteiger partial charge in [-0.15, -0.1) is 0 Å². The molecule has 0 saturated heterocycles. The number of carbonyl (C=O) groups excluding carboxylic acids is 1. The molecular weight excluding hydrogens is 297 g/mol. The number of halogens is 1. The van der Waals surface area contributed by atoms with E-state index in [-0.39, 0.29) is 17.4 Å². The smallest absolute Gasteiger partial charge is 0.274 e. The maximum Gasteiger partial charge on any atom is 0.274 e. The molecular formula is C16H20FN5O. The average Bonchev–Trinajstić information content (AvgIpc) is 2.54. The summed E-state index contributed by atoms with van der Waals surface area (Å²) in [6, 6.07) is 7.09. The molecule has 0 aliphatic carbocycles. The summed E-state index contributed by atoms with van der Waals surface area (Å²) in [6.07, 6.45) is 2.48. The predicted octanol–water partition coefficient (Wildman–Crippen LogP) is 2.23. The Morgan fingerprint density at radius 3 is 2.65 bits per heavy atom. The van der Waals surface area contributed by atoms with Crippen LogP contribution in [0.4, 0.5) is 16.0 Å². The van der Waals surface area contributed by atoms with E-state index < -0.39 is 0 Å². The molecule has 23 heavy (non-hydrogen) atoms. The predicted molar refractivity (Wildman–Crippen MR) is 88.0 cm³/mol. The highest BCUT2D eigenvalue weighted by molar-refractivity contribution is 6.02. The minimum absolute atomic E-state index is 0.249. The van der Waals surface area contributed by atoms with Crippen LogP contribution in [0.25, 0.3) is 0 Å². The van der Waals surface area contributed by atoms with Crippen molar-refractivity contribution in [2.45, 2.75) is 6.42 Å². The second-order valence-electron chi connectivity index (χ2n) is 5.31. The maximum atomic E-state index is 12.9. The van der Waals surface area contributed by atoms with E-state index in [1.54, 1.807) is 0 Å². The number of rotatable bonds is 7. The Morgan fingerprint density at radius 1 is 1.22 bits per heavy atom. The topological polar surface area (TPSA) is 70.2 Å². The summed E-state index contributed by atoms with van der Waals surface area (Å²) in [4.78, 5) is 22.5. The standard InChI is InChI=1S/C16H20FN5O/c1-22(2)11-3-9-18-16-19-10-8-14(21-16)15(23)20-13-6-4-12(17)5-7-13/h4-8,10H,3,9,11H2,1-2H3,(H,20,23)(H,18,19,21). The first-order chi connectivity index (χ1) is 11.0. The Kier molecular flexibility index (Phi) is 5.99. The van der Waals surface area contributed by atoms with Crippen LogP contribution in [0.15, 0.2) is 36.5 Å². The number of anilines is 2. The number of amides is 1. The number of hydrogen-bond donors (Lipinski definition) is 2. The van der Waals surface area contributed by atoms with Crippen LogP contribution in [0.1, 0.15) is 16.9 Å². The van der Waals surface area contributed by atoms with E-state index in [1.165, 1.54) is 36.5 Å². The van der Waals surface area contributed by atoms with Crippen LogP contribution >= 0.6 is 0 Å². The Labute approximate surface area is 134 Å². The van der Waals surface area contributed by atoms with Gasteiger partial charge in [-0.2, -0.15) is 0 Å². The van der Waals surface area contributed by atoms with Gasteiger partial charge in [-0.05, 0) is 57.4 Å². The second kappa shape index (κ2) is 8.19. The SMILES string of the molecule is CN(C)CCCNc1nccc(C(=O)Nc2ccc(F)cc2)n1. The van der Waals surface area contributed by atoms with E-state index in [2.05, 4.69) is 25.5 Å². The van der Waals surface area contributed by atoms with Crippen molar-refractivity contribution in [2.24, 2.45) is 0 Å². The minimum atomic E-state index is -0.365. The van der Waals surface area contributed by atoms with Crippen LogP contribution in [0.5, 0.6) is 0 Å². The lowest BCUT2D eigenvalue weighted by Crippen LogP contribution is -2.18. The van der Waals surface area contributed by atoms with Gasteiger partial charge in [0.1, 0.15) is 11.5 Å². The van der Waals surface area contributed by atoms with Crippen LogP contribution in [0.2, 0.25) is 0 Å². The van der Waals surface area contributed by atoms with Gasteiger partial charge in [0.2, 0.25) is 5.95 Å². The highest BCUT2D eigenvalue weighted by atomic mass is 19.1. The third-order valence-corrected chi connectivity index (χ3v) is 3.06. The average molecular weight is 317 g/mol. The van der Waals surface area contributed by atoms with Crippen molar-refractivity contribution in [3.8, 4) is 0 Å². The summed E-state index contributed by atoms with van der Waals surface area (Å²) >= 11 is 0. The molecule has 7 heteroatoms. The third-order valence-electron chi connectivity index (χ3n) is 3.06. The number of nitrogens with one attached hydrogen (secondary N) is 2. The van der Waals surface area contributed by atoms with Crippen LogP contribution in [0, 0.1) is 5.82 Å². The van der Waals surface area contributed by atoms with E-state index in [1.807, 2.05) is 14.1 Å². The van der Waals surface area contributed by atoms with E-state index in [9.17, 15) is 9.18 Å². The van der Waals surface area contributed by atoms with E-state index in [0.29, 0.717) is 11.6 Å². The fourth-order valence-electron chi connectivity index (χ4n) is 1.89. The summed E-state index contributed by atoms with van der Waals surface area (Å²) in [5, 5.41) is 5.75. The van der Waals surface area contributed by atoms with Gasteiger partial charge in [0, 0.05) is 18.4 Å². The number of nitrogens with zero attached hydrogens (tertiary/aromatic N) is 3. The van der Waals surface area contributed by atoms with Crippen molar-refractivity contribution in [3.05, 3.63) is 48.0 Å². The van der Waals surface area contributed by atoms with Crippen molar-refractivity contribution < 1.29 is 9.18 Å². The molecule has 1 aromatic carbocycles. The van der Waals surface area contributed by atoms with Crippen LogP contribution in [0.3, 0.4) is 0 Å². The summed E-state index contributed by atoms with van der Waals surface area (Å²) < 4.78 is 12.9. The third kappa shape index (κ3) is 5.63. The lowest BCUT2D eigenvalue weighted by atomic mass is 10.3. The first-order valence-corrected chi connectivity index (χ1v) is 7.33. The molecule has 0 aliphatic rings. The monoisotopic (exact) mass is 317 g/mol.